The van der Waals surface area contributed by atoms with Crippen molar-refractivity contribution in [3.8, 4) is 0 Å². The van der Waals surface area contributed by atoms with E-state index in [1.54, 1.807) is 12.1 Å². The number of nitrogens with one attached hydrogen (secondary N) is 1. The molecule has 103 valence electrons. The number of benzene rings is 1. The van der Waals surface area contributed by atoms with Gasteiger partial charge in [0.25, 0.3) is 0 Å². The van der Waals surface area contributed by atoms with Crippen LogP contribution in [-0.4, -0.2) is 21.8 Å². The fourth-order valence-electron chi connectivity index (χ4n) is 1.88. The molecule has 1 unspecified atom stereocenters. The summed E-state index contributed by atoms with van der Waals surface area (Å²) in [7, 11) is 0. The van der Waals surface area contributed by atoms with Crippen LogP contribution in [0.25, 0.3) is 5.73 Å². The van der Waals surface area contributed by atoms with Gasteiger partial charge in [-0.15, -0.1) is 5.69 Å². The maximum absolute atomic E-state index is 10.8. The average Bonchev–Trinajstić information content (AvgIpc) is 2.27. The molecule has 0 spiro atoms. The van der Waals surface area contributed by atoms with Crippen LogP contribution in [0.2, 0.25) is 0 Å². The molecule has 0 aliphatic heterocycles. The van der Waals surface area contributed by atoms with Crippen LogP contribution in [0.5, 0.6) is 0 Å². The first kappa shape index (κ1) is 18.9. The zero-order valence-corrected chi connectivity index (χ0v) is 16.1. The SMILES string of the molecule is CC(C)C(O)(CCc1ccc([NH-])cc1)CC(=O)O.[Ac]. The smallest absolute Gasteiger partial charge is 0.306 e. The summed E-state index contributed by atoms with van der Waals surface area (Å²) in [5, 5.41) is 19.2. The Hall–Kier alpha value is -0.108. The number of aliphatic hydroxyl groups is 1. The number of carbonyl (C=O) groups is 1. The molecule has 0 bridgehead atoms. The second-order valence-electron chi connectivity index (χ2n) is 5.03. The molecule has 0 saturated heterocycles. The van der Waals surface area contributed by atoms with Gasteiger partial charge in [0.15, 0.2) is 0 Å². The third-order valence-corrected chi connectivity index (χ3v) is 3.33. The Morgan fingerprint density at radius 1 is 1.32 bits per heavy atom. The Labute approximate surface area is 149 Å². The van der Waals surface area contributed by atoms with E-state index in [4.69, 9.17) is 10.8 Å². The Morgan fingerprint density at radius 2 is 1.84 bits per heavy atom. The molecule has 0 aliphatic rings. The standard InChI is InChI=1S/C14H20NO3.Ac/c1-10(2)14(18,9-13(16)17)8-7-11-3-5-12(15)6-4-11;/h3-6,10,15,18H,7-9H2,1-2H3,(H,16,17);/q-1;. The molecule has 4 nitrogen and oxygen atoms in total. The van der Waals surface area contributed by atoms with Crippen molar-refractivity contribution in [3.05, 3.63) is 35.6 Å². The number of hydrogen-bond donors (Lipinski definition) is 2. The summed E-state index contributed by atoms with van der Waals surface area (Å²) in [6, 6.07) is 7.07. The summed E-state index contributed by atoms with van der Waals surface area (Å²) in [5.41, 5.74) is 7.66. The van der Waals surface area contributed by atoms with E-state index in [2.05, 4.69) is 0 Å². The molecule has 5 heteroatoms. The van der Waals surface area contributed by atoms with Gasteiger partial charge in [-0.2, -0.15) is 0 Å². The van der Waals surface area contributed by atoms with E-state index >= 15 is 0 Å². The first-order valence-corrected chi connectivity index (χ1v) is 6.08. The average molecular weight is 477 g/mol. The molecule has 1 aromatic carbocycles. The van der Waals surface area contributed by atoms with Crippen LogP contribution in [0, 0.1) is 50.0 Å². The van der Waals surface area contributed by atoms with E-state index in [1.807, 2.05) is 26.0 Å². The molecule has 0 amide bonds. The molecule has 1 radical (unpaired) electrons. The van der Waals surface area contributed by atoms with Crippen LogP contribution >= 0.6 is 0 Å². The van der Waals surface area contributed by atoms with Gasteiger partial charge in [-0.05, 0) is 24.3 Å². The van der Waals surface area contributed by atoms with Gasteiger partial charge in [-0.1, -0.05) is 38.1 Å². The van der Waals surface area contributed by atoms with E-state index in [1.165, 1.54) is 0 Å². The van der Waals surface area contributed by atoms with Gasteiger partial charge in [0.2, 0.25) is 0 Å². The molecule has 1 atom stereocenters. The topological polar surface area (TPSA) is 81.3 Å². The molecule has 0 aromatic heterocycles. The zero-order chi connectivity index (χ0) is 13.8. The van der Waals surface area contributed by atoms with E-state index in [0.717, 1.165) is 5.56 Å². The number of aryl methyl sites for hydroxylation is 1. The summed E-state index contributed by atoms with van der Waals surface area (Å²) in [6.07, 6.45) is 0.789. The van der Waals surface area contributed by atoms with Crippen molar-refractivity contribution in [3.63, 3.8) is 0 Å². The van der Waals surface area contributed by atoms with Gasteiger partial charge in [0.05, 0.1) is 12.0 Å². The predicted molar refractivity (Wildman–Crippen MR) is 70.8 cm³/mol. The van der Waals surface area contributed by atoms with E-state index in [-0.39, 0.29) is 56.4 Å². The van der Waals surface area contributed by atoms with E-state index in [9.17, 15) is 9.90 Å². The van der Waals surface area contributed by atoms with Crippen molar-refractivity contribution in [2.75, 3.05) is 0 Å². The van der Waals surface area contributed by atoms with Gasteiger partial charge in [-0.3, -0.25) is 4.79 Å². The minimum absolute atomic E-state index is 0. The van der Waals surface area contributed by atoms with Crippen molar-refractivity contribution < 1.29 is 59.1 Å². The molecule has 0 saturated carbocycles. The third kappa shape index (κ3) is 6.25. The van der Waals surface area contributed by atoms with E-state index in [0.29, 0.717) is 18.5 Å². The Kier molecular flexibility index (Phi) is 8.19. The molecule has 0 aliphatic carbocycles. The number of hydrogen-bond acceptors (Lipinski definition) is 2. The van der Waals surface area contributed by atoms with Gasteiger partial charge in [0, 0.05) is 44.1 Å². The molecule has 0 heterocycles. The summed E-state index contributed by atoms with van der Waals surface area (Å²) in [5.74, 6) is -1.09. The zero-order valence-electron chi connectivity index (χ0n) is 11.4. The second-order valence-corrected chi connectivity index (χ2v) is 5.03. The minimum atomic E-state index is -1.18. The number of aliphatic carboxylic acids is 1. The third-order valence-electron chi connectivity index (χ3n) is 3.33. The maximum Gasteiger partial charge on any atom is 0.306 e. The fraction of sp³-hybridized carbons (Fsp3) is 0.500. The normalized spacial score (nSPS) is 13.7. The summed E-state index contributed by atoms with van der Waals surface area (Å²) >= 11 is 0. The molecular weight excluding hydrogens is 457 g/mol. The van der Waals surface area contributed by atoms with Gasteiger partial charge in [0.1, 0.15) is 0 Å². The molecule has 0 fully saturated rings. The van der Waals surface area contributed by atoms with Crippen molar-refractivity contribution in [1.82, 2.24) is 0 Å². The molecule has 1 rings (SSSR count). The number of carboxylic acids is 1. The summed E-state index contributed by atoms with van der Waals surface area (Å²) < 4.78 is 0. The number of rotatable bonds is 6. The van der Waals surface area contributed by atoms with Crippen LogP contribution in [-0.2, 0) is 11.2 Å². The van der Waals surface area contributed by atoms with E-state index < -0.39 is 11.6 Å². The van der Waals surface area contributed by atoms with Gasteiger partial charge >= 0.3 is 5.97 Å². The molecule has 1 aromatic rings. The van der Waals surface area contributed by atoms with Crippen LogP contribution < -0.4 is 0 Å². The molecule has 3 N–H and O–H groups in total. The van der Waals surface area contributed by atoms with Crippen LogP contribution in [0.15, 0.2) is 24.3 Å². The Bertz CT molecular complexity index is 406. The Morgan fingerprint density at radius 3 is 2.26 bits per heavy atom. The minimum Gasteiger partial charge on any atom is -0.699 e. The van der Waals surface area contributed by atoms with Crippen molar-refractivity contribution in [1.29, 1.82) is 0 Å². The summed E-state index contributed by atoms with van der Waals surface area (Å²) in [6.45, 7) is 3.66. The maximum atomic E-state index is 10.8. The van der Waals surface area contributed by atoms with Crippen LogP contribution in [0.3, 0.4) is 0 Å². The van der Waals surface area contributed by atoms with Crippen LogP contribution in [0.4, 0.5) is 5.69 Å². The van der Waals surface area contributed by atoms with Crippen molar-refractivity contribution in [2.24, 2.45) is 5.92 Å². The molecular formula is C14H20AcNO3-. The number of carboxylic acid groups (broad SMARTS) is 1. The van der Waals surface area contributed by atoms with Gasteiger partial charge in [-0.25, -0.2) is 0 Å². The predicted octanol–water partition coefficient (Wildman–Crippen LogP) is 3.16. The van der Waals surface area contributed by atoms with Crippen LogP contribution in [0.1, 0.15) is 32.3 Å². The fourth-order valence-corrected chi connectivity index (χ4v) is 1.88. The Balaban J connectivity index is 0.00000324. The first-order valence-electron chi connectivity index (χ1n) is 6.08. The largest absolute Gasteiger partial charge is 0.699 e. The first-order chi connectivity index (χ1) is 8.33. The quantitative estimate of drug-likeness (QED) is 0.661. The summed E-state index contributed by atoms with van der Waals surface area (Å²) in [4.78, 5) is 10.8. The monoisotopic (exact) mass is 477 g/mol. The second kappa shape index (κ2) is 8.24. The van der Waals surface area contributed by atoms with Crippen molar-refractivity contribution in [2.45, 2.75) is 38.7 Å². The van der Waals surface area contributed by atoms with Crippen molar-refractivity contribution >= 4 is 11.7 Å². The molecule has 19 heavy (non-hydrogen) atoms. The van der Waals surface area contributed by atoms with Gasteiger partial charge < -0.3 is 15.9 Å².